The van der Waals surface area contributed by atoms with Crippen molar-refractivity contribution < 1.29 is 9.53 Å². The Morgan fingerprint density at radius 2 is 2.08 bits per heavy atom. The Hall–Kier alpha value is -0.0500. The quantitative estimate of drug-likeness (QED) is 0.542. The molecule has 72 valence electrons. The van der Waals surface area contributed by atoms with Crippen LogP contribution < -0.4 is 0 Å². The smallest absolute Gasteiger partial charge is 0.319 e. The summed E-state index contributed by atoms with van der Waals surface area (Å²) in [4.78, 5) is 10.9. The van der Waals surface area contributed by atoms with Gasteiger partial charge < -0.3 is 4.74 Å². The highest BCUT2D eigenvalue weighted by Gasteiger charge is 2.13. The number of hydrogen-bond donors (Lipinski definition) is 0. The van der Waals surface area contributed by atoms with Gasteiger partial charge in [-0.2, -0.15) is 0 Å². The highest BCUT2D eigenvalue weighted by Crippen LogP contribution is 2.08. The molecule has 0 saturated carbocycles. The minimum atomic E-state index is -0.193. The summed E-state index contributed by atoms with van der Waals surface area (Å²) >= 11 is 3.16. The molecule has 0 aromatic heterocycles. The molecule has 0 aliphatic heterocycles. The number of carbonyl (C=O) groups is 1. The number of hydrogen-bond acceptors (Lipinski definition) is 2. The molecule has 0 radical (unpaired) electrons. The lowest BCUT2D eigenvalue weighted by atomic mass is 10.2. The van der Waals surface area contributed by atoms with Gasteiger partial charge >= 0.3 is 5.97 Å². The summed E-state index contributed by atoms with van der Waals surface area (Å²) in [7, 11) is 0. The maximum atomic E-state index is 11.0. The molecule has 0 aliphatic rings. The number of unbranched alkanes of at least 4 members (excludes halogenated alkanes) is 1. The summed E-state index contributed by atoms with van der Waals surface area (Å²) in [6.45, 7) is 5.83. The molecular weight excluding hydrogens is 220 g/mol. The summed E-state index contributed by atoms with van der Waals surface area (Å²) < 4.78 is 5.13. The van der Waals surface area contributed by atoms with Crippen molar-refractivity contribution in [2.75, 3.05) is 0 Å². The molecule has 0 aliphatic carbocycles. The Bertz CT molecular complexity index is 134. The van der Waals surface area contributed by atoms with E-state index in [-0.39, 0.29) is 16.9 Å². The van der Waals surface area contributed by atoms with Crippen molar-refractivity contribution in [2.24, 2.45) is 0 Å². The maximum Gasteiger partial charge on any atom is 0.319 e. The summed E-state index contributed by atoms with van der Waals surface area (Å²) in [5, 5.41) is 0. The standard InChI is InChI=1S/C9H17BrO2/c1-4-5-6-7(2)12-9(11)8(3)10/h7-8H,4-6H2,1-3H3. The van der Waals surface area contributed by atoms with Crippen LogP contribution in [0.25, 0.3) is 0 Å². The van der Waals surface area contributed by atoms with E-state index < -0.39 is 0 Å². The lowest BCUT2D eigenvalue weighted by Crippen LogP contribution is -2.20. The van der Waals surface area contributed by atoms with Crippen LogP contribution in [0.1, 0.15) is 40.0 Å². The minimum absolute atomic E-state index is 0.0532. The highest BCUT2D eigenvalue weighted by molar-refractivity contribution is 9.10. The lowest BCUT2D eigenvalue weighted by molar-refractivity contribution is -0.147. The Morgan fingerprint density at radius 3 is 2.50 bits per heavy atom. The number of carbonyl (C=O) groups excluding carboxylic acids is 1. The van der Waals surface area contributed by atoms with E-state index in [0.29, 0.717) is 0 Å². The zero-order valence-electron chi connectivity index (χ0n) is 7.97. The third-order valence-corrected chi connectivity index (χ3v) is 1.98. The molecule has 0 heterocycles. The third kappa shape index (κ3) is 5.58. The second-order valence-corrected chi connectivity index (χ2v) is 4.38. The zero-order chi connectivity index (χ0) is 9.56. The molecule has 2 unspecified atom stereocenters. The van der Waals surface area contributed by atoms with Crippen molar-refractivity contribution in [3.63, 3.8) is 0 Å². The average molecular weight is 237 g/mol. The van der Waals surface area contributed by atoms with Crippen LogP contribution in [0.5, 0.6) is 0 Å². The second-order valence-electron chi connectivity index (χ2n) is 3.01. The fourth-order valence-corrected chi connectivity index (χ4v) is 0.950. The van der Waals surface area contributed by atoms with Crippen LogP contribution in [0.3, 0.4) is 0 Å². The summed E-state index contributed by atoms with van der Waals surface area (Å²) in [6, 6.07) is 0. The second kappa shape index (κ2) is 6.46. The lowest BCUT2D eigenvalue weighted by Gasteiger charge is -2.13. The normalized spacial score (nSPS) is 15.3. The van der Waals surface area contributed by atoms with Crippen LogP contribution in [-0.2, 0) is 9.53 Å². The largest absolute Gasteiger partial charge is 0.462 e. The first-order chi connectivity index (χ1) is 5.57. The van der Waals surface area contributed by atoms with Gasteiger partial charge in [0.2, 0.25) is 0 Å². The van der Waals surface area contributed by atoms with E-state index in [0.717, 1.165) is 19.3 Å². The first-order valence-corrected chi connectivity index (χ1v) is 5.34. The third-order valence-electron chi connectivity index (χ3n) is 1.61. The van der Waals surface area contributed by atoms with Gasteiger partial charge in [0.1, 0.15) is 4.83 Å². The van der Waals surface area contributed by atoms with Crippen molar-refractivity contribution in [3.8, 4) is 0 Å². The maximum absolute atomic E-state index is 11.0. The monoisotopic (exact) mass is 236 g/mol. The number of rotatable bonds is 5. The van der Waals surface area contributed by atoms with E-state index in [1.807, 2.05) is 6.92 Å². The van der Waals surface area contributed by atoms with Gasteiger partial charge in [-0.25, -0.2) is 0 Å². The van der Waals surface area contributed by atoms with Crippen LogP contribution in [-0.4, -0.2) is 16.9 Å². The van der Waals surface area contributed by atoms with Crippen molar-refractivity contribution in [1.29, 1.82) is 0 Å². The van der Waals surface area contributed by atoms with E-state index in [1.165, 1.54) is 0 Å². The minimum Gasteiger partial charge on any atom is -0.462 e. The van der Waals surface area contributed by atoms with E-state index in [9.17, 15) is 4.79 Å². The molecule has 0 aromatic rings. The molecular formula is C9H17BrO2. The SMILES string of the molecule is CCCCC(C)OC(=O)C(C)Br. The Morgan fingerprint density at radius 1 is 1.50 bits per heavy atom. The van der Waals surface area contributed by atoms with Crippen LogP contribution >= 0.6 is 15.9 Å². The highest BCUT2D eigenvalue weighted by atomic mass is 79.9. The first-order valence-electron chi connectivity index (χ1n) is 4.42. The molecule has 0 aromatic carbocycles. The fraction of sp³-hybridized carbons (Fsp3) is 0.889. The number of halogens is 1. The summed E-state index contributed by atoms with van der Waals surface area (Å²) in [6.07, 6.45) is 3.27. The molecule has 0 N–H and O–H groups in total. The molecule has 0 spiro atoms. The van der Waals surface area contributed by atoms with Crippen LogP contribution in [0, 0.1) is 0 Å². The molecule has 0 amide bonds. The van der Waals surface area contributed by atoms with E-state index >= 15 is 0 Å². The van der Waals surface area contributed by atoms with Crippen LogP contribution in [0.2, 0.25) is 0 Å². The Labute approximate surface area is 82.8 Å². The first kappa shape index (κ1) is 11.9. The van der Waals surface area contributed by atoms with Gasteiger partial charge in [-0.05, 0) is 20.3 Å². The molecule has 12 heavy (non-hydrogen) atoms. The van der Waals surface area contributed by atoms with Gasteiger partial charge in [-0.1, -0.05) is 35.7 Å². The predicted molar refractivity (Wildman–Crippen MR) is 53.5 cm³/mol. The van der Waals surface area contributed by atoms with Gasteiger partial charge in [0.15, 0.2) is 0 Å². The Kier molecular flexibility index (Phi) is 6.44. The van der Waals surface area contributed by atoms with E-state index in [2.05, 4.69) is 22.9 Å². The van der Waals surface area contributed by atoms with Gasteiger partial charge in [0.05, 0.1) is 6.10 Å². The number of alkyl halides is 1. The summed E-state index contributed by atoms with van der Waals surface area (Å²) in [5.41, 5.74) is 0. The van der Waals surface area contributed by atoms with E-state index in [4.69, 9.17) is 4.74 Å². The summed E-state index contributed by atoms with van der Waals surface area (Å²) in [5.74, 6) is -0.168. The van der Waals surface area contributed by atoms with Crippen molar-refractivity contribution >= 4 is 21.9 Å². The molecule has 0 rings (SSSR count). The topological polar surface area (TPSA) is 26.3 Å². The molecule has 0 saturated heterocycles. The molecule has 0 bridgehead atoms. The van der Waals surface area contributed by atoms with Gasteiger partial charge in [0, 0.05) is 0 Å². The van der Waals surface area contributed by atoms with E-state index in [1.54, 1.807) is 6.92 Å². The van der Waals surface area contributed by atoms with Crippen LogP contribution in [0.4, 0.5) is 0 Å². The van der Waals surface area contributed by atoms with Crippen molar-refractivity contribution in [1.82, 2.24) is 0 Å². The van der Waals surface area contributed by atoms with Gasteiger partial charge in [-0.15, -0.1) is 0 Å². The Balaban J connectivity index is 3.54. The molecule has 3 heteroatoms. The number of ether oxygens (including phenoxy) is 1. The molecule has 2 atom stereocenters. The molecule has 2 nitrogen and oxygen atoms in total. The predicted octanol–water partition coefficient (Wildman–Crippen LogP) is 2.89. The molecule has 0 fully saturated rings. The van der Waals surface area contributed by atoms with Crippen molar-refractivity contribution in [3.05, 3.63) is 0 Å². The van der Waals surface area contributed by atoms with Gasteiger partial charge in [0.25, 0.3) is 0 Å². The number of esters is 1. The zero-order valence-corrected chi connectivity index (χ0v) is 9.56. The fourth-order valence-electron chi connectivity index (χ4n) is 0.843. The average Bonchev–Trinajstić information content (AvgIpc) is 2.00. The van der Waals surface area contributed by atoms with Gasteiger partial charge in [-0.3, -0.25) is 4.79 Å². The van der Waals surface area contributed by atoms with Crippen LogP contribution in [0.15, 0.2) is 0 Å². The van der Waals surface area contributed by atoms with Crippen molar-refractivity contribution in [2.45, 2.75) is 51.0 Å².